The number of carboxylic acid groups (broad SMARTS) is 1. The first-order valence-electron chi connectivity index (χ1n) is 4.82. The van der Waals surface area contributed by atoms with Gasteiger partial charge < -0.3 is 10.0 Å². The van der Waals surface area contributed by atoms with Crippen molar-refractivity contribution in [3.8, 4) is 0 Å². The standard InChI is InChI=1S/C10H9FN2O3S/c11-8-2-1-6(3-12-8)9(14)13-5-17-4-7(13)10(15)16/h1-3,7H,4-5H2,(H,15,16). The highest BCUT2D eigenvalue weighted by Gasteiger charge is 2.35. The number of pyridine rings is 1. The quantitative estimate of drug-likeness (QED) is 0.793. The number of carbonyl (C=O) groups is 2. The Morgan fingerprint density at radius 1 is 1.53 bits per heavy atom. The van der Waals surface area contributed by atoms with Crippen LogP contribution in [0.1, 0.15) is 10.4 Å². The van der Waals surface area contributed by atoms with Crippen LogP contribution in [0.5, 0.6) is 0 Å². The molecule has 17 heavy (non-hydrogen) atoms. The van der Waals surface area contributed by atoms with Gasteiger partial charge in [-0.2, -0.15) is 4.39 Å². The minimum atomic E-state index is -1.03. The van der Waals surface area contributed by atoms with Gasteiger partial charge in [0.15, 0.2) is 0 Å². The van der Waals surface area contributed by atoms with Crippen LogP contribution in [0.25, 0.3) is 0 Å². The third kappa shape index (κ3) is 2.38. The number of aliphatic carboxylic acids is 1. The Morgan fingerprint density at radius 2 is 2.29 bits per heavy atom. The first-order valence-corrected chi connectivity index (χ1v) is 5.98. The number of hydrogen-bond acceptors (Lipinski definition) is 4. The number of rotatable bonds is 2. The van der Waals surface area contributed by atoms with Gasteiger partial charge in [0.1, 0.15) is 6.04 Å². The van der Waals surface area contributed by atoms with Crippen LogP contribution in [-0.2, 0) is 4.79 Å². The van der Waals surface area contributed by atoms with E-state index in [4.69, 9.17) is 5.11 Å². The molecule has 1 aromatic rings. The summed E-state index contributed by atoms with van der Waals surface area (Å²) >= 11 is 1.37. The van der Waals surface area contributed by atoms with Gasteiger partial charge in [-0.3, -0.25) is 4.79 Å². The van der Waals surface area contributed by atoms with E-state index in [-0.39, 0.29) is 5.56 Å². The molecule has 1 aromatic heterocycles. The summed E-state index contributed by atoms with van der Waals surface area (Å²) in [5.74, 6) is -1.44. The predicted molar refractivity (Wildman–Crippen MR) is 59.1 cm³/mol. The van der Waals surface area contributed by atoms with Crippen LogP contribution < -0.4 is 0 Å². The molecule has 2 heterocycles. The van der Waals surface area contributed by atoms with Gasteiger partial charge in [-0.05, 0) is 12.1 Å². The largest absolute Gasteiger partial charge is 0.480 e. The minimum absolute atomic E-state index is 0.195. The highest BCUT2D eigenvalue weighted by atomic mass is 32.2. The van der Waals surface area contributed by atoms with Crippen LogP contribution in [0.15, 0.2) is 18.3 Å². The van der Waals surface area contributed by atoms with Gasteiger partial charge in [0.2, 0.25) is 5.95 Å². The zero-order valence-corrected chi connectivity index (χ0v) is 9.48. The lowest BCUT2D eigenvalue weighted by atomic mass is 10.2. The zero-order chi connectivity index (χ0) is 12.4. The topological polar surface area (TPSA) is 70.5 Å². The number of aromatic nitrogens is 1. The SMILES string of the molecule is O=C(O)C1CSCN1C(=O)c1ccc(F)nc1. The highest BCUT2D eigenvalue weighted by Crippen LogP contribution is 2.23. The molecule has 0 spiro atoms. The van der Waals surface area contributed by atoms with Crippen LogP contribution >= 0.6 is 11.8 Å². The van der Waals surface area contributed by atoms with Gasteiger partial charge in [-0.15, -0.1) is 11.8 Å². The fraction of sp³-hybridized carbons (Fsp3) is 0.300. The van der Waals surface area contributed by atoms with Gasteiger partial charge >= 0.3 is 5.97 Å². The molecule has 0 radical (unpaired) electrons. The molecular formula is C10H9FN2O3S. The van der Waals surface area contributed by atoms with E-state index in [2.05, 4.69) is 4.98 Å². The summed E-state index contributed by atoms with van der Waals surface area (Å²) in [6.07, 6.45) is 1.11. The highest BCUT2D eigenvalue weighted by molar-refractivity contribution is 7.99. The average molecular weight is 256 g/mol. The van der Waals surface area contributed by atoms with Crippen molar-refractivity contribution in [2.24, 2.45) is 0 Å². The van der Waals surface area contributed by atoms with Crippen molar-refractivity contribution in [1.29, 1.82) is 0 Å². The molecule has 1 amide bonds. The number of halogens is 1. The summed E-state index contributed by atoms with van der Waals surface area (Å²) in [6.45, 7) is 0. The van der Waals surface area contributed by atoms with E-state index >= 15 is 0 Å². The summed E-state index contributed by atoms with van der Waals surface area (Å²) in [6, 6.07) is 1.55. The van der Waals surface area contributed by atoms with Gasteiger partial charge in [-0.25, -0.2) is 9.78 Å². The van der Waals surface area contributed by atoms with Crippen LogP contribution in [0.2, 0.25) is 0 Å². The maximum Gasteiger partial charge on any atom is 0.327 e. The summed E-state index contributed by atoms with van der Waals surface area (Å²) in [7, 11) is 0. The first kappa shape index (κ1) is 11.8. The summed E-state index contributed by atoms with van der Waals surface area (Å²) in [5.41, 5.74) is 0.195. The molecule has 0 aliphatic carbocycles. The van der Waals surface area contributed by atoms with Gasteiger partial charge in [-0.1, -0.05) is 0 Å². The molecule has 1 atom stereocenters. The van der Waals surface area contributed by atoms with Crippen molar-refractivity contribution in [3.63, 3.8) is 0 Å². The van der Waals surface area contributed by atoms with Gasteiger partial charge in [0, 0.05) is 11.9 Å². The number of nitrogens with zero attached hydrogens (tertiary/aromatic N) is 2. The number of thioether (sulfide) groups is 1. The lowest BCUT2D eigenvalue weighted by molar-refractivity contribution is -0.140. The molecule has 1 aliphatic rings. The van der Waals surface area contributed by atoms with Crippen molar-refractivity contribution in [2.45, 2.75) is 6.04 Å². The second kappa shape index (κ2) is 4.70. The fourth-order valence-corrected chi connectivity index (χ4v) is 2.66. The van der Waals surface area contributed by atoms with Crippen LogP contribution in [-0.4, -0.2) is 44.5 Å². The molecule has 90 valence electrons. The molecule has 0 aromatic carbocycles. The zero-order valence-electron chi connectivity index (χ0n) is 8.67. The maximum absolute atomic E-state index is 12.6. The predicted octanol–water partition coefficient (Wildman–Crippen LogP) is 0.820. The Hall–Kier alpha value is -1.63. The van der Waals surface area contributed by atoms with Crippen molar-refractivity contribution in [2.75, 3.05) is 11.6 Å². The lowest BCUT2D eigenvalue weighted by Crippen LogP contribution is -2.41. The smallest absolute Gasteiger partial charge is 0.327 e. The van der Waals surface area contributed by atoms with Gasteiger partial charge in [0.05, 0.1) is 11.4 Å². The molecular weight excluding hydrogens is 247 g/mol. The third-order valence-electron chi connectivity index (χ3n) is 2.40. The summed E-state index contributed by atoms with van der Waals surface area (Å²) in [5, 5.41) is 8.94. The summed E-state index contributed by atoms with van der Waals surface area (Å²) < 4.78 is 12.6. The molecule has 1 saturated heterocycles. The molecule has 1 N–H and O–H groups in total. The molecule has 0 saturated carbocycles. The minimum Gasteiger partial charge on any atom is -0.480 e. The Kier molecular flexibility index (Phi) is 3.28. The Labute approximate surface area is 101 Å². The number of carboxylic acids is 1. The third-order valence-corrected chi connectivity index (χ3v) is 3.41. The monoisotopic (exact) mass is 256 g/mol. The lowest BCUT2D eigenvalue weighted by Gasteiger charge is -2.20. The van der Waals surface area contributed by atoms with Gasteiger partial charge in [0.25, 0.3) is 5.91 Å². The van der Waals surface area contributed by atoms with E-state index in [1.807, 2.05) is 0 Å². The first-order chi connectivity index (χ1) is 8.09. The van der Waals surface area contributed by atoms with Crippen molar-refractivity contribution >= 4 is 23.6 Å². The van der Waals surface area contributed by atoms with Crippen molar-refractivity contribution < 1.29 is 19.1 Å². The molecule has 1 fully saturated rings. The normalized spacial score (nSPS) is 19.4. The van der Waals surface area contributed by atoms with E-state index in [0.717, 1.165) is 12.3 Å². The van der Waals surface area contributed by atoms with E-state index in [1.165, 1.54) is 22.7 Å². The maximum atomic E-state index is 12.6. The van der Waals surface area contributed by atoms with Crippen LogP contribution in [0.4, 0.5) is 4.39 Å². The fourth-order valence-electron chi connectivity index (χ4n) is 1.52. The van der Waals surface area contributed by atoms with E-state index in [9.17, 15) is 14.0 Å². The molecule has 2 rings (SSSR count). The van der Waals surface area contributed by atoms with Crippen molar-refractivity contribution in [3.05, 3.63) is 29.8 Å². The number of hydrogen-bond donors (Lipinski definition) is 1. The van der Waals surface area contributed by atoms with Crippen molar-refractivity contribution in [1.82, 2.24) is 9.88 Å². The number of carbonyl (C=O) groups excluding carboxylic acids is 1. The Morgan fingerprint density at radius 3 is 2.88 bits per heavy atom. The second-order valence-electron chi connectivity index (χ2n) is 3.50. The van der Waals surface area contributed by atoms with Crippen LogP contribution in [0, 0.1) is 5.95 Å². The van der Waals surface area contributed by atoms with E-state index in [1.54, 1.807) is 0 Å². The van der Waals surface area contributed by atoms with E-state index in [0.29, 0.717) is 11.6 Å². The molecule has 0 bridgehead atoms. The molecule has 1 aliphatic heterocycles. The summed E-state index contributed by atoms with van der Waals surface area (Å²) in [4.78, 5) is 27.5. The van der Waals surface area contributed by atoms with E-state index < -0.39 is 23.9 Å². The second-order valence-corrected chi connectivity index (χ2v) is 4.50. The Balaban J connectivity index is 2.19. The molecule has 7 heteroatoms. The number of amides is 1. The Bertz CT molecular complexity index is 451. The molecule has 1 unspecified atom stereocenters. The van der Waals surface area contributed by atoms with Crippen LogP contribution in [0.3, 0.4) is 0 Å². The molecule has 5 nitrogen and oxygen atoms in total. The average Bonchev–Trinajstić information content (AvgIpc) is 2.78.